The fraction of sp³-hybridized carbons (Fsp3) is 0.429. The number of hydrogen-bond donors (Lipinski definition) is 2. The molecular formula is C21H23ClN4O3S. The van der Waals surface area contributed by atoms with Crippen molar-refractivity contribution in [2.75, 3.05) is 17.2 Å². The Morgan fingerprint density at radius 3 is 2.60 bits per heavy atom. The Kier molecular flexibility index (Phi) is 6.34. The van der Waals surface area contributed by atoms with Gasteiger partial charge in [-0.25, -0.2) is 4.98 Å². The van der Waals surface area contributed by atoms with Gasteiger partial charge in [0.1, 0.15) is 10.8 Å². The Labute approximate surface area is 183 Å². The molecule has 0 atom stereocenters. The smallest absolute Gasteiger partial charge is 0.259 e. The van der Waals surface area contributed by atoms with E-state index in [9.17, 15) is 14.4 Å². The molecule has 1 aliphatic heterocycles. The van der Waals surface area contributed by atoms with Gasteiger partial charge in [-0.3, -0.25) is 14.4 Å². The van der Waals surface area contributed by atoms with Gasteiger partial charge in [-0.2, -0.15) is 0 Å². The summed E-state index contributed by atoms with van der Waals surface area (Å²) < 4.78 is 0. The SMILES string of the molecule is O=C(Nc1ccc(Cl)cn1)c1ccsc1NC(=O)C1CCC(N2CCCC2=O)CC1. The molecule has 0 bridgehead atoms. The summed E-state index contributed by atoms with van der Waals surface area (Å²) in [4.78, 5) is 43.4. The maximum Gasteiger partial charge on any atom is 0.259 e. The molecular weight excluding hydrogens is 424 g/mol. The summed E-state index contributed by atoms with van der Waals surface area (Å²) in [5, 5.41) is 8.43. The summed E-state index contributed by atoms with van der Waals surface area (Å²) in [6, 6.07) is 5.21. The molecule has 2 aromatic heterocycles. The largest absolute Gasteiger partial charge is 0.340 e. The molecule has 2 N–H and O–H groups in total. The van der Waals surface area contributed by atoms with E-state index in [-0.39, 0.29) is 29.7 Å². The van der Waals surface area contributed by atoms with Crippen LogP contribution in [0, 0.1) is 5.92 Å². The molecule has 30 heavy (non-hydrogen) atoms. The maximum atomic E-state index is 12.8. The second-order valence-corrected chi connectivity index (χ2v) is 9.02. The predicted octanol–water partition coefficient (Wildman–Crippen LogP) is 4.17. The minimum atomic E-state index is -0.336. The number of nitrogens with zero attached hydrogens (tertiary/aromatic N) is 2. The second-order valence-electron chi connectivity index (χ2n) is 7.66. The Bertz CT molecular complexity index is 938. The molecule has 0 unspecified atom stereocenters. The molecule has 0 radical (unpaired) electrons. The average molecular weight is 447 g/mol. The number of aromatic nitrogens is 1. The first-order valence-corrected chi connectivity index (χ1v) is 11.4. The van der Waals surface area contributed by atoms with Gasteiger partial charge in [0.15, 0.2) is 0 Å². The van der Waals surface area contributed by atoms with Gasteiger partial charge in [-0.15, -0.1) is 11.3 Å². The molecule has 0 spiro atoms. The first-order chi connectivity index (χ1) is 14.5. The summed E-state index contributed by atoms with van der Waals surface area (Å²) in [6.07, 6.45) is 6.25. The van der Waals surface area contributed by atoms with E-state index >= 15 is 0 Å². The number of carbonyl (C=O) groups excluding carboxylic acids is 3. The van der Waals surface area contributed by atoms with Crippen LogP contribution >= 0.6 is 22.9 Å². The molecule has 3 heterocycles. The summed E-state index contributed by atoms with van der Waals surface area (Å²) in [7, 11) is 0. The summed E-state index contributed by atoms with van der Waals surface area (Å²) in [6.45, 7) is 0.844. The van der Waals surface area contributed by atoms with Gasteiger partial charge in [0, 0.05) is 31.1 Å². The molecule has 2 aliphatic rings. The zero-order chi connectivity index (χ0) is 21.1. The topological polar surface area (TPSA) is 91.4 Å². The number of rotatable bonds is 5. The molecule has 158 valence electrons. The Balaban J connectivity index is 1.33. The van der Waals surface area contributed by atoms with Gasteiger partial charge < -0.3 is 15.5 Å². The van der Waals surface area contributed by atoms with Gasteiger partial charge in [0.05, 0.1) is 10.6 Å². The molecule has 2 fully saturated rings. The van der Waals surface area contributed by atoms with E-state index in [0.717, 1.165) is 38.6 Å². The fourth-order valence-electron chi connectivity index (χ4n) is 4.14. The number of likely N-dealkylation sites (tertiary alicyclic amines) is 1. The fourth-order valence-corrected chi connectivity index (χ4v) is 5.04. The monoisotopic (exact) mass is 446 g/mol. The molecule has 4 rings (SSSR count). The highest BCUT2D eigenvalue weighted by atomic mass is 35.5. The average Bonchev–Trinajstić information content (AvgIpc) is 3.38. The number of halogens is 1. The second kappa shape index (κ2) is 9.14. The van der Waals surface area contributed by atoms with E-state index in [1.54, 1.807) is 23.6 Å². The summed E-state index contributed by atoms with van der Waals surface area (Å²) >= 11 is 7.13. The zero-order valence-corrected chi connectivity index (χ0v) is 18.0. The van der Waals surface area contributed by atoms with Gasteiger partial charge >= 0.3 is 0 Å². The first-order valence-electron chi connectivity index (χ1n) is 10.1. The minimum absolute atomic E-state index is 0.0673. The van der Waals surface area contributed by atoms with Crippen LogP contribution in [0.1, 0.15) is 48.9 Å². The van der Waals surface area contributed by atoms with E-state index in [0.29, 0.717) is 27.8 Å². The van der Waals surface area contributed by atoms with E-state index in [1.165, 1.54) is 17.5 Å². The van der Waals surface area contributed by atoms with E-state index in [4.69, 9.17) is 11.6 Å². The molecule has 1 saturated heterocycles. The number of anilines is 2. The summed E-state index contributed by atoms with van der Waals surface area (Å²) in [5.74, 6) is 0.129. The number of carbonyl (C=O) groups is 3. The molecule has 0 aromatic carbocycles. The molecule has 3 amide bonds. The van der Waals surface area contributed by atoms with Gasteiger partial charge in [-0.1, -0.05) is 11.6 Å². The van der Waals surface area contributed by atoms with Crippen molar-refractivity contribution in [1.29, 1.82) is 0 Å². The van der Waals surface area contributed by atoms with Crippen LogP contribution in [0.4, 0.5) is 10.8 Å². The highest BCUT2D eigenvalue weighted by Crippen LogP contribution is 2.32. The lowest BCUT2D eigenvalue weighted by Gasteiger charge is -2.34. The lowest BCUT2D eigenvalue weighted by atomic mass is 9.85. The first kappa shape index (κ1) is 20.8. The van der Waals surface area contributed by atoms with Gasteiger partial charge in [0.25, 0.3) is 5.91 Å². The third-order valence-electron chi connectivity index (χ3n) is 5.73. The van der Waals surface area contributed by atoms with Crippen molar-refractivity contribution in [1.82, 2.24) is 9.88 Å². The van der Waals surface area contributed by atoms with Crippen molar-refractivity contribution in [2.45, 2.75) is 44.6 Å². The van der Waals surface area contributed by atoms with E-state index in [2.05, 4.69) is 15.6 Å². The highest BCUT2D eigenvalue weighted by molar-refractivity contribution is 7.14. The van der Waals surface area contributed by atoms with Crippen molar-refractivity contribution in [3.8, 4) is 0 Å². The molecule has 1 saturated carbocycles. The molecule has 1 aliphatic carbocycles. The Hall–Kier alpha value is -2.45. The molecule has 2 aromatic rings. The van der Waals surface area contributed by atoms with Crippen LogP contribution in [0.2, 0.25) is 5.02 Å². The standard InChI is InChI=1S/C21H23ClN4O3S/c22-14-5-8-17(23-12-14)24-20(29)16-9-11-30-21(16)25-19(28)13-3-6-15(7-4-13)26-10-1-2-18(26)27/h5,8-9,11-13,15H,1-4,6-7,10H2,(H,25,28)(H,23,24,29). The lowest BCUT2D eigenvalue weighted by Crippen LogP contribution is -2.40. The quantitative estimate of drug-likeness (QED) is 0.721. The van der Waals surface area contributed by atoms with Crippen molar-refractivity contribution < 1.29 is 14.4 Å². The number of nitrogens with one attached hydrogen (secondary N) is 2. The van der Waals surface area contributed by atoms with Crippen LogP contribution < -0.4 is 10.6 Å². The Morgan fingerprint density at radius 2 is 1.93 bits per heavy atom. The van der Waals surface area contributed by atoms with E-state index < -0.39 is 0 Å². The van der Waals surface area contributed by atoms with Crippen LogP contribution in [-0.2, 0) is 9.59 Å². The van der Waals surface area contributed by atoms with Crippen LogP contribution in [0.5, 0.6) is 0 Å². The predicted molar refractivity (Wildman–Crippen MR) is 117 cm³/mol. The van der Waals surface area contributed by atoms with Crippen molar-refractivity contribution in [3.05, 3.63) is 40.4 Å². The Morgan fingerprint density at radius 1 is 1.13 bits per heavy atom. The third kappa shape index (κ3) is 4.65. The van der Waals surface area contributed by atoms with E-state index in [1.807, 2.05) is 4.90 Å². The van der Waals surface area contributed by atoms with Crippen LogP contribution in [0.25, 0.3) is 0 Å². The molecule has 7 nitrogen and oxygen atoms in total. The number of amides is 3. The van der Waals surface area contributed by atoms with Crippen molar-refractivity contribution in [3.63, 3.8) is 0 Å². The normalized spacial score (nSPS) is 21.5. The van der Waals surface area contributed by atoms with Crippen LogP contribution in [-0.4, -0.2) is 40.2 Å². The number of hydrogen-bond acceptors (Lipinski definition) is 5. The lowest BCUT2D eigenvalue weighted by molar-refractivity contribution is -0.130. The highest BCUT2D eigenvalue weighted by Gasteiger charge is 2.33. The van der Waals surface area contributed by atoms with Crippen molar-refractivity contribution >= 4 is 51.5 Å². The number of thiophene rings is 1. The maximum absolute atomic E-state index is 12.8. The zero-order valence-electron chi connectivity index (χ0n) is 16.4. The van der Waals surface area contributed by atoms with Crippen LogP contribution in [0.3, 0.4) is 0 Å². The third-order valence-corrected chi connectivity index (χ3v) is 6.79. The molecule has 9 heteroatoms. The number of pyridine rings is 1. The van der Waals surface area contributed by atoms with Crippen LogP contribution in [0.15, 0.2) is 29.8 Å². The van der Waals surface area contributed by atoms with Gasteiger partial charge in [0.2, 0.25) is 11.8 Å². The van der Waals surface area contributed by atoms with Crippen molar-refractivity contribution in [2.24, 2.45) is 5.92 Å². The summed E-state index contributed by atoms with van der Waals surface area (Å²) in [5.41, 5.74) is 0.404. The van der Waals surface area contributed by atoms with Gasteiger partial charge in [-0.05, 0) is 55.7 Å². The minimum Gasteiger partial charge on any atom is -0.340 e.